The summed E-state index contributed by atoms with van der Waals surface area (Å²) in [5, 5.41) is 11.1. The molecule has 0 radical (unpaired) electrons. The lowest BCUT2D eigenvalue weighted by atomic mass is 10.1. The Kier molecular flexibility index (Phi) is 4.75. The third-order valence-corrected chi connectivity index (χ3v) is 4.01. The molecule has 0 bridgehead atoms. The van der Waals surface area contributed by atoms with Crippen LogP contribution in [0.1, 0.15) is 34.5 Å². The van der Waals surface area contributed by atoms with Gasteiger partial charge < -0.3 is 5.11 Å². The van der Waals surface area contributed by atoms with Gasteiger partial charge in [0.15, 0.2) is 0 Å². The van der Waals surface area contributed by atoms with Crippen LogP contribution in [0.5, 0.6) is 0 Å². The van der Waals surface area contributed by atoms with Gasteiger partial charge in [-0.3, -0.25) is 0 Å². The molecule has 1 aromatic heterocycles. The Morgan fingerprint density at radius 3 is 2.89 bits per heavy atom. The van der Waals surface area contributed by atoms with Crippen LogP contribution in [0.4, 0.5) is 0 Å². The van der Waals surface area contributed by atoms with E-state index in [4.69, 9.17) is 11.6 Å². The fourth-order valence-corrected chi connectivity index (χ4v) is 3.11. The van der Waals surface area contributed by atoms with Gasteiger partial charge in [-0.2, -0.15) is 0 Å². The van der Waals surface area contributed by atoms with Gasteiger partial charge >= 0.3 is 0 Å². The number of rotatable bonds is 5. The van der Waals surface area contributed by atoms with Crippen LogP contribution >= 0.6 is 22.9 Å². The first-order chi connectivity index (χ1) is 8.72. The number of benzene rings is 1. The summed E-state index contributed by atoms with van der Waals surface area (Å²) in [4.78, 5) is 5.61. The Labute approximate surface area is 116 Å². The molecule has 0 aliphatic carbocycles. The Morgan fingerprint density at radius 2 is 2.22 bits per heavy atom. The molecule has 0 saturated heterocycles. The van der Waals surface area contributed by atoms with Gasteiger partial charge in [0, 0.05) is 11.4 Å². The number of thiazole rings is 1. The van der Waals surface area contributed by atoms with E-state index in [0.29, 0.717) is 0 Å². The maximum absolute atomic E-state index is 9.32. The number of nitrogens with zero attached hydrogens (tertiary/aromatic N) is 1. The lowest BCUT2D eigenvalue weighted by Gasteiger charge is -1.98. The van der Waals surface area contributed by atoms with E-state index in [0.717, 1.165) is 45.4 Å². The topological polar surface area (TPSA) is 33.1 Å². The average Bonchev–Trinajstić information content (AvgIpc) is 2.72. The third kappa shape index (κ3) is 3.31. The van der Waals surface area contributed by atoms with Gasteiger partial charge in [0.1, 0.15) is 0 Å². The van der Waals surface area contributed by atoms with E-state index < -0.39 is 0 Å². The Bertz CT molecular complexity index is 524. The number of hydrogen-bond acceptors (Lipinski definition) is 3. The summed E-state index contributed by atoms with van der Waals surface area (Å²) in [5.41, 5.74) is 2.20. The minimum atomic E-state index is 0.0859. The van der Waals surface area contributed by atoms with Gasteiger partial charge in [-0.05, 0) is 24.1 Å². The molecule has 0 aliphatic rings. The molecule has 1 aromatic carbocycles. The summed E-state index contributed by atoms with van der Waals surface area (Å²) in [7, 11) is 0. The first-order valence-corrected chi connectivity index (χ1v) is 7.25. The molecule has 1 N–H and O–H groups in total. The van der Waals surface area contributed by atoms with Crippen LogP contribution in [0.2, 0.25) is 5.02 Å². The maximum Gasteiger partial charge on any atom is 0.0975 e. The fraction of sp³-hybridized carbons (Fsp3) is 0.357. The van der Waals surface area contributed by atoms with Crippen LogP contribution in [0.15, 0.2) is 24.3 Å². The minimum absolute atomic E-state index is 0.0859. The van der Waals surface area contributed by atoms with Crippen molar-refractivity contribution in [3.05, 3.63) is 50.4 Å². The second-order valence-electron chi connectivity index (χ2n) is 4.19. The molecule has 18 heavy (non-hydrogen) atoms. The Balaban J connectivity index is 2.19. The highest BCUT2D eigenvalue weighted by Gasteiger charge is 2.10. The van der Waals surface area contributed by atoms with E-state index >= 15 is 0 Å². The van der Waals surface area contributed by atoms with Crippen molar-refractivity contribution in [1.82, 2.24) is 4.98 Å². The Morgan fingerprint density at radius 1 is 1.39 bits per heavy atom. The molecule has 0 saturated carbocycles. The van der Waals surface area contributed by atoms with E-state index in [1.165, 1.54) is 0 Å². The predicted octanol–water partition coefficient (Wildman–Crippen LogP) is 3.83. The average molecular weight is 282 g/mol. The van der Waals surface area contributed by atoms with Crippen LogP contribution in [0, 0.1) is 0 Å². The first kappa shape index (κ1) is 13.5. The van der Waals surface area contributed by atoms with Crippen LogP contribution in [-0.2, 0) is 19.4 Å². The van der Waals surface area contributed by atoms with Crippen molar-refractivity contribution >= 4 is 22.9 Å². The van der Waals surface area contributed by atoms with E-state index in [2.05, 4.69) is 11.9 Å². The number of aliphatic hydroxyl groups excluding tert-OH is 1. The van der Waals surface area contributed by atoms with Crippen molar-refractivity contribution in [2.75, 3.05) is 0 Å². The molecular weight excluding hydrogens is 266 g/mol. The van der Waals surface area contributed by atoms with Crippen LogP contribution in [-0.4, -0.2) is 10.1 Å². The monoisotopic (exact) mass is 281 g/mol. The Hall–Kier alpha value is -0.900. The molecule has 1 heterocycles. The highest BCUT2D eigenvalue weighted by Crippen LogP contribution is 2.23. The van der Waals surface area contributed by atoms with Crippen molar-refractivity contribution < 1.29 is 5.11 Å². The first-order valence-electron chi connectivity index (χ1n) is 6.05. The lowest BCUT2D eigenvalue weighted by molar-refractivity contribution is 0.284. The van der Waals surface area contributed by atoms with Gasteiger partial charge in [-0.25, -0.2) is 4.98 Å². The highest BCUT2D eigenvalue weighted by atomic mass is 35.5. The quantitative estimate of drug-likeness (QED) is 0.903. The van der Waals surface area contributed by atoms with E-state index in [-0.39, 0.29) is 6.61 Å². The third-order valence-electron chi connectivity index (χ3n) is 2.70. The van der Waals surface area contributed by atoms with E-state index in [1.807, 2.05) is 24.3 Å². The molecule has 2 aromatic rings. The highest BCUT2D eigenvalue weighted by molar-refractivity contribution is 7.11. The SMILES string of the molecule is CCCc1nc(Cc2cccc(Cl)c2)sc1CO. The van der Waals surface area contributed by atoms with Gasteiger partial charge in [0.05, 0.1) is 22.2 Å². The summed E-state index contributed by atoms with van der Waals surface area (Å²) < 4.78 is 0. The standard InChI is InChI=1S/C14H16ClNOS/c1-2-4-12-13(9-17)18-14(16-12)8-10-5-3-6-11(15)7-10/h3,5-7,17H,2,4,8-9H2,1H3. The molecule has 0 fully saturated rings. The largest absolute Gasteiger partial charge is 0.391 e. The number of hydrogen-bond donors (Lipinski definition) is 1. The second-order valence-corrected chi connectivity index (χ2v) is 5.80. The van der Waals surface area contributed by atoms with Crippen molar-refractivity contribution in [2.45, 2.75) is 32.8 Å². The second kappa shape index (κ2) is 6.32. The molecular formula is C14H16ClNOS. The summed E-state index contributed by atoms with van der Waals surface area (Å²) in [6, 6.07) is 7.83. The van der Waals surface area contributed by atoms with Crippen molar-refractivity contribution in [1.29, 1.82) is 0 Å². The molecule has 0 unspecified atom stereocenters. The zero-order valence-corrected chi connectivity index (χ0v) is 11.9. The summed E-state index contributed by atoms with van der Waals surface area (Å²) >= 11 is 7.56. The van der Waals surface area contributed by atoms with Gasteiger partial charge in [0.25, 0.3) is 0 Å². The van der Waals surface area contributed by atoms with Crippen molar-refractivity contribution in [2.24, 2.45) is 0 Å². The number of aromatic nitrogens is 1. The van der Waals surface area contributed by atoms with E-state index in [1.54, 1.807) is 11.3 Å². The molecule has 0 aliphatic heterocycles. The molecule has 0 amide bonds. The summed E-state index contributed by atoms with van der Waals surface area (Å²) in [6.45, 7) is 2.21. The number of halogens is 1. The minimum Gasteiger partial charge on any atom is -0.391 e. The number of aryl methyl sites for hydroxylation is 1. The zero-order valence-electron chi connectivity index (χ0n) is 10.3. The smallest absolute Gasteiger partial charge is 0.0975 e. The summed E-state index contributed by atoms with van der Waals surface area (Å²) in [5.74, 6) is 0. The van der Waals surface area contributed by atoms with Crippen LogP contribution < -0.4 is 0 Å². The molecule has 0 atom stereocenters. The zero-order chi connectivity index (χ0) is 13.0. The molecule has 2 rings (SSSR count). The van der Waals surface area contributed by atoms with Crippen LogP contribution in [0.25, 0.3) is 0 Å². The fourth-order valence-electron chi connectivity index (χ4n) is 1.89. The van der Waals surface area contributed by atoms with Gasteiger partial charge in [-0.15, -0.1) is 11.3 Å². The van der Waals surface area contributed by atoms with Crippen molar-refractivity contribution in [3.63, 3.8) is 0 Å². The predicted molar refractivity (Wildman–Crippen MR) is 76.3 cm³/mol. The van der Waals surface area contributed by atoms with Crippen LogP contribution in [0.3, 0.4) is 0 Å². The normalized spacial score (nSPS) is 10.8. The molecule has 4 heteroatoms. The molecule has 2 nitrogen and oxygen atoms in total. The molecule has 96 valence electrons. The van der Waals surface area contributed by atoms with Gasteiger partial charge in [-0.1, -0.05) is 37.1 Å². The van der Waals surface area contributed by atoms with Crippen molar-refractivity contribution in [3.8, 4) is 0 Å². The molecule has 0 spiro atoms. The van der Waals surface area contributed by atoms with E-state index in [9.17, 15) is 5.11 Å². The number of aliphatic hydroxyl groups is 1. The van der Waals surface area contributed by atoms with Gasteiger partial charge in [0.2, 0.25) is 0 Å². The maximum atomic E-state index is 9.32. The lowest BCUT2D eigenvalue weighted by Crippen LogP contribution is -1.91. The summed E-state index contributed by atoms with van der Waals surface area (Å²) in [6.07, 6.45) is 2.76.